The summed E-state index contributed by atoms with van der Waals surface area (Å²) in [7, 11) is 1.91. The molecule has 0 saturated carbocycles. The molecule has 3 fully saturated rings. The van der Waals surface area contributed by atoms with Gasteiger partial charge in [-0.1, -0.05) is 0 Å². The van der Waals surface area contributed by atoms with Gasteiger partial charge in [0, 0.05) is 56.7 Å². The first-order chi connectivity index (χ1) is 11.7. The molecule has 1 spiro atoms. The first-order valence-corrected chi connectivity index (χ1v) is 10.6. The Kier molecular flexibility index (Phi) is 6.33. The second-order valence-electron chi connectivity index (χ2n) is 7.58. The number of guanidine groups is 1. The predicted octanol–water partition coefficient (Wildman–Crippen LogP) is 2.37. The number of nitrogens with one attached hydrogen (secondary N) is 1. The van der Waals surface area contributed by atoms with E-state index in [1.54, 1.807) is 0 Å². The quantitative estimate of drug-likeness (QED) is 0.622. The summed E-state index contributed by atoms with van der Waals surface area (Å²) in [5.41, 5.74) is 0.351. The minimum Gasteiger partial charge on any atom is -0.381 e. The summed E-state index contributed by atoms with van der Waals surface area (Å²) in [4.78, 5) is 7.05. The van der Waals surface area contributed by atoms with Crippen LogP contribution < -0.4 is 5.32 Å². The van der Waals surface area contributed by atoms with Crippen LogP contribution in [0.15, 0.2) is 4.99 Å². The molecular formula is C18H33N3O2S. The Morgan fingerprint density at radius 3 is 2.58 bits per heavy atom. The van der Waals surface area contributed by atoms with Gasteiger partial charge in [0.2, 0.25) is 0 Å². The summed E-state index contributed by atoms with van der Waals surface area (Å²) in [6, 6.07) is 0. The lowest BCUT2D eigenvalue weighted by molar-refractivity contribution is -0.0370. The zero-order valence-corrected chi connectivity index (χ0v) is 16.1. The van der Waals surface area contributed by atoms with Crippen LogP contribution in [0.25, 0.3) is 0 Å². The van der Waals surface area contributed by atoms with Crippen LogP contribution in [0.5, 0.6) is 0 Å². The summed E-state index contributed by atoms with van der Waals surface area (Å²) in [5, 5.41) is 3.68. The predicted molar refractivity (Wildman–Crippen MR) is 101 cm³/mol. The molecule has 3 aliphatic rings. The van der Waals surface area contributed by atoms with E-state index in [2.05, 4.69) is 21.5 Å². The molecule has 0 amide bonds. The fourth-order valence-corrected chi connectivity index (χ4v) is 5.18. The maximum Gasteiger partial charge on any atom is 0.193 e. The molecule has 3 rings (SSSR count). The first-order valence-electron chi connectivity index (χ1n) is 9.37. The third-order valence-electron chi connectivity index (χ3n) is 5.98. The van der Waals surface area contributed by atoms with Gasteiger partial charge in [-0.3, -0.25) is 4.99 Å². The monoisotopic (exact) mass is 355 g/mol. The van der Waals surface area contributed by atoms with Crippen LogP contribution in [0.1, 0.15) is 38.5 Å². The second kappa shape index (κ2) is 8.28. The standard InChI is InChI=1S/C18H33N3O2S/c1-19-16(20-13-18(24-2)7-11-22-12-8-18)21-9-3-5-17(14-21)6-4-10-23-15-17/h3-15H2,1-2H3,(H,19,20). The zero-order valence-electron chi connectivity index (χ0n) is 15.3. The Morgan fingerprint density at radius 2 is 1.92 bits per heavy atom. The second-order valence-corrected chi connectivity index (χ2v) is 8.86. The third-order valence-corrected chi connectivity index (χ3v) is 7.40. The van der Waals surface area contributed by atoms with E-state index in [1.807, 2.05) is 18.8 Å². The number of hydrogen-bond donors (Lipinski definition) is 1. The molecule has 0 aromatic rings. The molecule has 0 aliphatic carbocycles. The Hall–Kier alpha value is -0.460. The number of piperidine rings is 1. The van der Waals surface area contributed by atoms with E-state index in [1.165, 1.54) is 25.7 Å². The Balaban J connectivity index is 1.59. The van der Waals surface area contributed by atoms with Crippen LogP contribution in [0, 0.1) is 5.41 Å². The largest absolute Gasteiger partial charge is 0.381 e. The van der Waals surface area contributed by atoms with E-state index >= 15 is 0 Å². The summed E-state index contributed by atoms with van der Waals surface area (Å²) in [6.07, 6.45) is 9.51. The normalized spacial score (nSPS) is 31.2. The highest BCUT2D eigenvalue weighted by molar-refractivity contribution is 8.00. The average molecular weight is 356 g/mol. The molecule has 0 bridgehead atoms. The molecule has 24 heavy (non-hydrogen) atoms. The average Bonchev–Trinajstić information content (AvgIpc) is 2.64. The fourth-order valence-electron chi connectivity index (χ4n) is 4.39. The SMILES string of the molecule is CN=C(NCC1(SC)CCOCC1)N1CCCC2(CCCOC2)C1. The van der Waals surface area contributed by atoms with Gasteiger partial charge in [0.05, 0.1) is 6.61 Å². The molecule has 0 aromatic heterocycles. The number of hydrogen-bond acceptors (Lipinski definition) is 4. The Morgan fingerprint density at radius 1 is 1.12 bits per heavy atom. The smallest absolute Gasteiger partial charge is 0.193 e. The minimum absolute atomic E-state index is 0.287. The van der Waals surface area contributed by atoms with E-state index in [0.717, 1.165) is 64.9 Å². The van der Waals surface area contributed by atoms with Crippen molar-refractivity contribution in [2.24, 2.45) is 10.4 Å². The van der Waals surface area contributed by atoms with Crippen LogP contribution in [0.2, 0.25) is 0 Å². The number of thioether (sulfide) groups is 1. The molecule has 1 unspecified atom stereocenters. The van der Waals surface area contributed by atoms with E-state index in [9.17, 15) is 0 Å². The molecule has 0 aromatic carbocycles. The number of nitrogens with zero attached hydrogens (tertiary/aromatic N) is 2. The van der Waals surface area contributed by atoms with Crippen molar-refractivity contribution in [1.29, 1.82) is 0 Å². The number of rotatable bonds is 3. The molecule has 138 valence electrons. The van der Waals surface area contributed by atoms with Crippen molar-refractivity contribution in [2.75, 3.05) is 59.4 Å². The summed E-state index contributed by atoms with van der Waals surface area (Å²) in [6.45, 7) is 6.79. The Bertz CT molecular complexity index is 426. The first kappa shape index (κ1) is 18.3. The molecule has 6 heteroatoms. The van der Waals surface area contributed by atoms with Crippen molar-refractivity contribution in [3.05, 3.63) is 0 Å². The molecular weight excluding hydrogens is 322 g/mol. The molecule has 3 saturated heterocycles. The van der Waals surface area contributed by atoms with Gasteiger partial charge >= 0.3 is 0 Å². The molecule has 3 heterocycles. The molecule has 1 N–H and O–H groups in total. The van der Waals surface area contributed by atoms with Gasteiger partial charge in [-0.25, -0.2) is 0 Å². The van der Waals surface area contributed by atoms with E-state index in [0.29, 0.717) is 5.41 Å². The topological polar surface area (TPSA) is 46.1 Å². The van der Waals surface area contributed by atoms with Gasteiger partial charge in [-0.15, -0.1) is 0 Å². The number of ether oxygens (including phenoxy) is 2. The zero-order chi connectivity index (χ0) is 16.9. The highest BCUT2D eigenvalue weighted by Crippen LogP contribution is 2.38. The highest BCUT2D eigenvalue weighted by atomic mass is 32.2. The summed E-state index contributed by atoms with van der Waals surface area (Å²) in [5.74, 6) is 1.07. The Labute approximate surface area is 150 Å². The lowest BCUT2D eigenvalue weighted by atomic mass is 9.76. The number of aliphatic imine (C=N–C) groups is 1. The van der Waals surface area contributed by atoms with Crippen molar-refractivity contribution in [3.63, 3.8) is 0 Å². The van der Waals surface area contributed by atoms with Crippen molar-refractivity contribution in [1.82, 2.24) is 10.2 Å². The minimum atomic E-state index is 0.287. The van der Waals surface area contributed by atoms with Gasteiger partial charge in [0.15, 0.2) is 5.96 Å². The van der Waals surface area contributed by atoms with Crippen LogP contribution >= 0.6 is 11.8 Å². The van der Waals surface area contributed by atoms with Crippen molar-refractivity contribution in [2.45, 2.75) is 43.3 Å². The summed E-state index contributed by atoms with van der Waals surface area (Å²) < 4.78 is 11.7. The van der Waals surface area contributed by atoms with E-state index in [-0.39, 0.29) is 4.75 Å². The van der Waals surface area contributed by atoms with Crippen LogP contribution in [0.3, 0.4) is 0 Å². The van der Waals surface area contributed by atoms with E-state index in [4.69, 9.17) is 9.47 Å². The van der Waals surface area contributed by atoms with Crippen molar-refractivity contribution in [3.8, 4) is 0 Å². The molecule has 0 radical (unpaired) electrons. The molecule has 1 atom stereocenters. The summed E-state index contributed by atoms with van der Waals surface area (Å²) >= 11 is 1.98. The van der Waals surface area contributed by atoms with Crippen LogP contribution in [-0.2, 0) is 9.47 Å². The molecule has 5 nitrogen and oxygen atoms in total. The lowest BCUT2D eigenvalue weighted by Crippen LogP contribution is -2.55. The maximum absolute atomic E-state index is 5.81. The van der Waals surface area contributed by atoms with Gasteiger partial charge in [-0.05, 0) is 44.8 Å². The fraction of sp³-hybridized carbons (Fsp3) is 0.944. The van der Waals surface area contributed by atoms with Crippen molar-refractivity contribution >= 4 is 17.7 Å². The number of likely N-dealkylation sites (tertiary alicyclic amines) is 1. The maximum atomic E-state index is 5.81. The highest BCUT2D eigenvalue weighted by Gasteiger charge is 2.39. The van der Waals surface area contributed by atoms with Gasteiger partial charge in [0.25, 0.3) is 0 Å². The van der Waals surface area contributed by atoms with Crippen LogP contribution in [-0.4, -0.2) is 75.0 Å². The molecule has 3 aliphatic heterocycles. The van der Waals surface area contributed by atoms with Crippen LogP contribution in [0.4, 0.5) is 0 Å². The third kappa shape index (κ3) is 4.20. The van der Waals surface area contributed by atoms with E-state index < -0.39 is 0 Å². The van der Waals surface area contributed by atoms with Gasteiger partial charge in [0.1, 0.15) is 0 Å². The van der Waals surface area contributed by atoms with Gasteiger partial charge in [-0.2, -0.15) is 11.8 Å². The lowest BCUT2D eigenvalue weighted by Gasteiger charge is -2.46. The van der Waals surface area contributed by atoms with Crippen molar-refractivity contribution < 1.29 is 9.47 Å². The van der Waals surface area contributed by atoms with Gasteiger partial charge < -0.3 is 19.7 Å².